The quantitative estimate of drug-likeness (QED) is 0.469. The van der Waals surface area contributed by atoms with Crippen LogP contribution >= 0.6 is 11.6 Å². The van der Waals surface area contributed by atoms with Crippen LogP contribution in [0.25, 0.3) is 22.7 Å². The third kappa shape index (κ3) is 5.02. The lowest BCUT2D eigenvalue weighted by molar-refractivity contribution is 0.0472. The average Bonchev–Trinajstić information content (AvgIpc) is 3.22. The summed E-state index contributed by atoms with van der Waals surface area (Å²) < 4.78 is 54.0. The van der Waals surface area contributed by atoms with E-state index in [1.165, 1.54) is 18.3 Å². The van der Waals surface area contributed by atoms with Gasteiger partial charge in [0.05, 0.1) is 11.4 Å². The van der Waals surface area contributed by atoms with Gasteiger partial charge in [-0.25, -0.2) is 27.8 Å². The summed E-state index contributed by atoms with van der Waals surface area (Å²) in [6.07, 6.45) is 3.26. The number of halogens is 2. The maximum absolute atomic E-state index is 15.6. The molecule has 8 nitrogen and oxygen atoms in total. The van der Waals surface area contributed by atoms with Gasteiger partial charge in [0.1, 0.15) is 11.4 Å². The molecule has 4 rings (SSSR count). The highest BCUT2D eigenvalue weighted by Gasteiger charge is 2.36. The fraction of sp³-hybridized carbons (Fsp3) is 0.409. The molecule has 3 aromatic rings. The van der Waals surface area contributed by atoms with E-state index in [9.17, 15) is 8.42 Å². The number of rotatable bonds is 7. The zero-order chi connectivity index (χ0) is 23.6. The van der Waals surface area contributed by atoms with Crippen molar-refractivity contribution in [3.8, 4) is 22.7 Å². The van der Waals surface area contributed by atoms with E-state index in [-0.39, 0.29) is 33.7 Å². The molecule has 2 aromatic heterocycles. The molecule has 33 heavy (non-hydrogen) atoms. The Morgan fingerprint density at radius 3 is 2.67 bits per heavy atom. The first-order valence-corrected chi connectivity index (χ1v) is 12.6. The Morgan fingerprint density at radius 1 is 1.21 bits per heavy atom. The molecule has 1 fully saturated rings. The lowest BCUT2D eigenvalue weighted by Gasteiger charge is -2.30. The first kappa shape index (κ1) is 23.6. The number of aromatic nitrogens is 3. The normalized spacial score (nSPS) is 16.0. The Bertz CT molecular complexity index is 1260. The van der Waals surface area contributed by atoms with Crippen LogP contribution in [0.2, 0.25) is 5.28 Å². The largest absolute Gasteiger partial charge is 0.438 e. The Kier molecular flexibility index (Phi) is 6.69. The highest BCUT2D eigenvalue weighted by Crippen LogP contribution is 2.41. The number of oxazole rings is 1. The summed E-state index contributed by atoms with van der Waals surface area (Å²) in [5.74, 6) is -0.206. The molecule has 1 saturated heterocycles. The van der Waals surface area contributed by atoms with E-state index in [0.717, 1.165) is 0 Å². The Hall–Kier alpha value is -2.56. The van der Waals surface area contributed by atoms with E-state index in [1.807, 2.05) is 6.92 Å². The first-order valence-electron chi connectivity index (χ1n) is 10.6. The van der Waals surface area contributed by atoms with Crippen LogP contribution in [-0.4, -0.2) is 42.3 Å². The monoisotopic (exact) mass is 494 g/mol. The maximum Gasteiger partial charge on any atom is 0.232 e. The Morgan fingerprint density at radius 2 is 1.97 bits per heavy atom. The fourth-order valence-electron chi connectivity index (χ4n) is 3.71. The van der Waals surface area contributed by atoms with Crippen molar-refractivity contribution >= 4 is 27.3 Å². The van der Waals surface area contributed by atoms with Crippen LogP contribution in [0.1, 0.15) is 39.0 Å². The standard InChI is InChI=1S/C22H24ClFN4O4S/c1-3-13-33(29,30)28-15-6-4-5-14(17(15)24)18-19(16-7-10-25-21(23)26-16)32-20(27-18)22(2)8-11-31-12-9-22/h4-7,10,28H,3,8-9,11-13H2,1-2H3. The minimum absolute atomic E-state index is 0.00947. The number of hydrogen-bond donors (Lipinski definition) is 1. The minimum atomic E-state index is -3.68. The molecule has 0 saturated carbocycles. The first-order chi connectivity index (χ1) is 15.7. The van der Waals surface area contributed by atoms with Crippen LogP contribution in [0, 0.1) is 5.82 Å². The number of ether oxygens (including phenoxy) is 1. The van der Waals surface area contributed by atoms with Crippen molar-refractivity contribution in [1.82, 2.24) is 15.0 Å². The number of anilines is 1. The summed E-state index contributed by atoms with van der Waals surface area (Å²) in [4.78, 5) is 12.8. The van der Waals surface area contributed by atoms with Crippen molar-refractivity contribution in [2.45, 2.75) is 38.5 Å². The van der Waals surface area contributed by atoms with E-state index in [0.29, 0.717) is 44.1 Å². The predicted molar refractivity (Wildman–Crippen MR) is 123 cm³/mol. The number of hydrogen-bond acceptors (Lipinski definition) is 7. The molecule has 0 bridgehead atoms. The molecular weight excluding hydrogens is 471 g/mol. The SMILES string of the molecule is CCCS(=O)(=O)Nc1cccc(-c2nc(C3(C)CCOCC3)oc2-c2ccnc(Cl)n2)c1F. The third-order valence-corrected chi connectivity index (χ3v) is 7.25. The van der Waals surface area contributed by atoms with Gasteiger partial charge in [0.15, 0.2) is 11.6 Å². The van der Waals surface area contributed by atoms with Crippen molar-refractivity contribution in [3.05, 3.63) is 47.5 Å². The van der Waals surface area contributed by atoms with Crippen LogP contribution in [-0.2, 0) is 20.2 Å². The maximum atomic E-state index is 15.6. The van der Waals surface area contributed by atoms with Crippen LogP contribution in [0.15, 0.2) is 34.9 Å². The van der Waals surface area contributed by atoms with Gasteiger partial charge in [0.25, 0.3) is 0 Å². The van der Waals surface area contributed by atoms with E-state index < -0.39 is 21.3 Å². The second kappa shape index (κ2) is 9.36. The topological polar surface area (TPSA) is 107 Å². The number of nitrogens with zero attached hydrogens (tertiary/aromatic N) is 3. The van der Waals surface area contributed by atoms with Crippen molar-refractivity contribution in [2.24, 2.45) is 0 Å². The van der Waals surface area contributed by atoms with E-state index >= 15 is 4.39 Å². The third-order valence-electron chi connectivity index (χ3n) is 5.59. The smallest absolute Gasteiger partial charge is 0.232 e. The van der Waals surface area contributed by atoms with Gasteiger partial charge in [-0.15, -0.1) is 0 Å². The Balaban J connectivity index is 1.85. The number of nitrogens with one attached hydrogen (secondary N) is 1. The van der Waals surface area contributed by atoms with Gasteiger partial charge in [0.2, 0.25) is 21.2 Å². The molecule has 1 aliphatic rings. The molecule has 1 aromatic carbocycles. The van der Waals surface area contributed by atoms with Gasteiger partial charge in [-0.1, -0.05) is 19.9 Å². The molecule has 0 atom stereocenters. The highest BCUT2D eigenvalue weighted by molar-refractivity contribution is 7.92. The predicted octanol–water partition coefficient (Wildman–Crippen LogP) is 4.81. The summed E-state index contributed by atoms with van der Waals surface area (Å²) in [7, 11) is -3.68. The molecule has 0 unspecified atom stereocenters. The van der Waals surface area contributed by atoms with Crippen molar-refractivity contribution < 1.29 is 22.0 Å². The molecule has 1 N–H and O–H groups in total. The highest BCUT2D eigenvalue weighted by atomic mass is 35.5. The van der Waals surface area contributed by atoms with Crippen LogP contribution in [0.3, 0.4) is 0 Å². The molecular formula is C22H24ClFN4O4S. The van der Waals surface area contributed by atoms with Crippen molar-refractivity contribution in [2.75, 3.05) is 23.7 Å². The number of benzene rings is 1. The molecule has 0 spiro atoms. The summed E-state index contributed by atoms with van der Waals surface area (Å²) in [6, 6.07) is 6.04. The molecule has 0 aliphatic carbocycles. The second-order valence-electron chi connectivity index (χ2n) is 8.17. The van der Waals surface area contributed by atoms with Crippen molar-refractivity contribution in [3.63, 3.8) is 0 Å². The van der Waals surface area contributed by atoms with Gasteiger partial charge in [-0.3, -0.25) is 4.72 Å². The van der Waals surface area contributed by atoms with Gasteiger partial charge in [-0.05, 0) is 49.1 Å². The second-order valence-corrected chi connectivity index (χ2v) is 10.3. The Labute approximate surface area is 196 Å². The van der Waals surface area contributed by atoms with Crippen molar-refractivity contribution in [1.29, 1.82) is 0 Å². The van der Waals surface area contributed by atoms with Gasteiger partial charge in [-0.2, -0.15) is 0 Å². The lowest BCUT2D eigenvalue weighted by atomic mass is 9.82. The fourth-order valence-corrected chi connectivity index (χ4v) is 4.99. The summed E-state index contributed by atoms with van der Waals surface area (Å²) >= 11 is 5.98. The molecule has 3 heterocycles. The van der Waals surface area contributed by atoms with Gasteiger partial charge < -0.3 is 9.15 Å². The van der Waals surface area contributed by atoms with E-state index in [4.69, 9.17) is 20.8 Å². The molecule has 176 valence electrons. The van der Waals surface area contributed by atoms with E-state index in [1.54, 1.807) is 19.1 Å². The van der Waals surface area contributed by atoms with Gasteiger partial charge in [0, 0.05) is 30.4 Å². The zero-order valence-corrected chi connectivity index (χ0v) is 19.8. The van der Waals surface area contributed by atoms with E-state index in [2.05, 4.69) is 19.7 Å². The lowest BCUT2D eigenvalue weighted by Crippen LogP contribution is -2.30. The molecule has 0 radical (unpaired) electrons. The number of sulfonamides is 1. The molecule has 1 aliphatic heterocycles. The summed E-state index contributed by atoms with van der Waals surface area (Å²) in [5, 5.41) is 0.00947. The molecule has 0 amide bonds. The van der Waals surface area contributed by atoms with Crippen LogP contribution in [0.4, 0.5) is 10.1 Å². The average molecular weight is 495 g/mol. The summed E-state index contributed by atoms with van der Waals surface area (Å²) in [6.45, 7) is 4.88. The summed E-state index contributed by atoms with van der Waals surface area (Å²) in [5.41, 5.74) is 0.0765. The molecule has 11 heteroatoms. The zero-order valence-electron chi connectivity index (χ0n) is 18.3. The van der Waals surface area contributed by atoms with Crippen LogP contribution < -0.4 is 4.72 Å². The van der Waals surface area contributed by atoms with Gasteiger partial charge >= 0.3 is 0 Å². The minimum Gasteiger partial charge on any atom is -0.438 e. The van der Waals surface area contributed by atoms with Crippen LogP contribution in [0.5, 0.6) is 0 Å².